The molecule has 2 fully saturated rings. The highest BCUT2D eigenvalue weighted by atomic mass is 16.5. The van der Waals surface area contributed by atoms with E-state index in [0.29, 0.717) is 5.92 Å². The second kappa shape index (κ2) is 3.65. The summed E-state index contributed by atoms with van der Waals surface area (Å²) >= 11 is 0. The minimum absolute atomic E-state index is 0.229. The normalized spacial score (nSPS) is 35.0. The molecule has 0 aromatic carbocycles. The summed E-state index contributed by atoms with van der Waals surface area (Å²) in [6.45, 7) is 2.71. The molecule has 2 heterocycles. The fourth-order valence-electron chi connectivity index (χ4n) is 2.18. The highest BCUT2D eigenvalue weighted by molar-refractivity contribution is 5.09. The van der Waals surface area contributed by atoms with Crippen LogP contribution in [0.15, 0.2) is 0 Å². The van der Waals surface area contributed by atoms with Crippen molar-refractivity contribution in [3.63, 3.8) is 0 Å². The SMILES string of the molecule is N#CC1(CC2COC2)CCCCN1. The first-order chi connectivity index (χ1) is 6.35. The summed E-state index contributed by atoms with van der Waals surface area (Å²) in [5, 5.41) is 12.5. The summed E-state index contributed by atoms with van der Waals surface area (Å²) in [7, 11) is 0. The highest BCUT2D eigenvalue weighted by Crippen LogP contribution is 2.29. The van der Waals surface area contributed by atoms with Crippen LogP contribution in [0, 0.1) is 17.2 Å². The minimum Gasteiger partial charge on any atom is -0.381 e. The van der Waals surface area contributed by atoms with Crippen molar-refractivity contribution < 1.29 is 4.74 Å². The summed E-state index contributed by atoms with van der Waals surface area (Å²) < 4.78 is 5.13. The Morgan fingerprint density at radius 2 is 2.31 bits per heavy atom. The minimum atomic E-state index is -0.229. The van der Waals surface area contributed by atoms with Crippen LogP contribution in [0.5, 0.6) is 0 Å². The second-order valence-corrected chi connectivity index (χ2v) is 4.19. The molecule has 0 bridgehead atoms. The third kappa shape index (κ3) is 1.84. The Hall–Kier alpha value is -0.590. The molecule has 72 valence electrons. The zero-order valence-corrected chi connectivity index (χ0v) is 7.88. The van der Waals surface area contributed by atoms with Gasteiger partial charge < -0.3 is 4.74 Å². The van der Waals surface area contributed by atoms with E-state index < -0.39 is 0 Å². The lowest BCUT2D eigenvalue weighted by Gasteiger charge is -2.37. The lowest BCUT2D eigenvalue weighted by Crippen LogP contribution is -2.50. The molecule has 2 aliphatic rings. The van der Waals surface area contributed by atoms with Crippen LogP contribution in [0.25, 0.3) is 0 Å². The molecule has 0 spiro atoms. The third-order valence-electron chi connectivity index (χ3n) is 3.05. The lowest BCUT2D eigenvalue weighted by atomic mass is 9.81. The quantitative estimate of drug-likeness (QED) is 0.691. The zero-order chi connectivity index (χ0) is 9.15. The number of hydrogen-bond donors (Lipinski definition) is 1. The van der Waals surface area contributed by atoms with Gasteiger partial charge in [-0.25, -0.2) is 0 Å². The van der Waals surface area contributed by atoms with Crippen LogP contribution >= 0.6 is 0 Å². The van der Waals surface area contributed by atoms with Crippen LogP contribution in [0.3, 0.4) is 0 Å². The van der Waals surface area contributed by atoms with Crippen molar-refractivity contribution in [3.05, 3.63) is 0 Å². The fourth-order valence-corrected chi connectivity index (χ4v) is 2.18. The maximum atomic E-state index is 9.16. The molecule has 13 heavy (non-hydrogen) atoms. The van der Waals surface area contributed by atoms with Gasteiger partial charge in [-0.05, 0) is 32.2 Å². The van der Waals surface area contributed by atoms with Gasteiger partial charge in [-0.15, -0.1) is 0 Å². The second-order valence-electron chi connectivity index (χ2n) is 4.19. The molecule has 2 saturated heterocycles. The molecule has 3 heteroatoms. The zero-order valence-electron chi connectivity index (χ0n) is 7.88. The average molecular weight is 180 g/mol. The van der Waals surface area contributed by atoms with E-state index in [9.17, 15) is 0 Å². The molecular formula is C10H16N2O. The van der Waals surface area contributed by atoms with Crippen molar-refractivity contribution in [1.29, 1.82) is 5.26 Å². The smallest absolute Gasteiger partial charge is 0.107 e. The van der Waals surface area contributed by atoms with Crippen LogP contribution in [0.4, 0.5) is 0 Å². The summed E-state index contributed by atoms with van der Waals surface area (Å²) in [6, 6.07) is 2.45. The molecule has 0 saturated carbocycles. The van der Waals surface area contributed by atoms with E-state index >= 15 is 0 Å². The van der Waals surface area contributed by atoms with Gasteiger partial charge in [0, 0.05) is 5.92 Å². The molecule has 1 atom stereocenters. The van der Waals surface area contributed by atoms with E-state index in [4.69, 9.17) is 10.00 Å². The molecule has 2 rings (SSSR count). The Kier molecular flexibility index (Phi) is 2.52. The maximum absolute atomic E-state index is 9.16. The number of ether oxygens (including phenoxy) is 1. The number of rotatable bonds is 2. The molecule has 0 aromatic heterocycles. The van der Waals surface area contributed by atoms with Gasteiger partial charge in [-0.2, -0.15) is 5.26 Å². The number of piperidine rings is 1. The molecule has 0 amide bonds. The number of nitrogens with one attached hydrogen (secondary N) is 1. The predicted octanol–water partition coefficient (Wildman–Crippen LogP) is 1.06. The summed E-state index contributed by atoms with van der Waals surface area (Å²) in [5.41, 5.74) is -0.229. The van der Waals surface area contributed by atoms with E-state index in [0.717, 1.165) is 32.6 Å². The van der Waals surface area contributed by atoms with Crippen LogP contribution in [0.2, 0.25) is 0 Å². The molecular weight excluding hydrogens is 164 g/mol. The number of nitriles is 1. The average Bonchev–Trinajstić information content (AvgIpc) is 2.13. The van der Waals surface area contributed by atoms with Crippen molar-refractivity contribution in [2.45, 2.75) is 31.2 Å². The molecule has 2 aliphatic heterocycles. The summed E-state index contributed by atoms with van der Waals surface area (Å²) in [5.74, 6) is 0.616. The molecule has 3 nitrogen and oxygen atoms in total. The van der Waals surface area contributed by atoms with E-state index in [-0.39, 0.29) is 5.54 Å². The Bertz CT molecular complexity index is 211. The molecule has 0 aliphatic carbocycles. The third-order valence-corrected chi connectivity index (χ3v) is 3.05. The van der Waals surface area contributed by atoms with Crippen LogP contribution in [-0.4, -0.2) is 25.3 Å². The van der Waals surface area contributed by atoms with Gasteiger partial charge in [-0.1, -0.05) is 0 Å². The molecule has 0 aromatic rings. The summed E-state index contributed by atoms with van der Waals surface area (Å²) in [6.07, 6.45) is 4.39. The first kappa shape index (κ1) is 8.98. The van der Waals surface area contributed by atoms with E-state index in [2.05, 4.69) is 11.4 Å². The standard InChI is InChI=1S/C10H16N2O/c11-8-10(3-1-2-4-12-10)5-9-6-13-7-9/h9,12H,1-7H2. The van der Waals surface area contributed by atoms with E-state index in [1.54, 1.807) is 0 Å². The fraction of sp³-hybridized carbons (Fsp3) is 0.900. The van der Waals surface area contributed by atoms with Gasteiger partial charge >= 0.3 is 0 Å². The van der Waals surface area contributed by atoms with Crippen LogP contribution in [-0.2, 0) is 4.74 Å². The Balaban J connectivity index is 1.93. The van der Waals surface area contributed by atoms with Crippen molar-refractivity contribution >= 4 is 0 Å². The number of hydrogen-bond acceptors (Lipinski definition) is 3. The first-order valence-corrected chi connectivity index (χ1v) is 5.09. The predicted molar refractivity (Wildman–Crippen MR) is 49.1 cm³/mol. The lowest BCUT2D eigenvalue weighted by molar-refractivity contribution is -0.0455. The van der Waals surface area contributed by atoms with Gasteiger partial charge in [0.2, 0.25) is 0 Å². The Morgan fingerprint density at radius 1 is 1.46 bits per heavy atom. The maximum Gasteiger partial charge on any atom is 0.107 e. The van der Waals surface area contributed by atoms with Crippen molar-refractivity contribution in [2.24, 2.45) is 5.92 Å². The molecule has 0 radical (unpaired) electrons. The van der Waals surface area contributed by atoms with Gasteiger partial charge in [0.05, 0.1) is 19.3 Å². The first-order valence-electron chi connectivity index (χ1n) is 5.09. The van der Waals surface area contributed by atoms with Crippen molar-refractivity contribution in [2.75, 3.05) is 19.8 Å². The van der Waals surface area contributed by atoms with Crippen molar-refractivity contribution in [1.82, 2.24) is 5.32 Å². The van der Waals surface area contributed by atoms with Gasteiger partial charge in [0.1, 0.15) is 5.54 Å². The van der Waals surface area contributed by atoms with Gasteiger partial charge in [0.25, 0.3) is 0 Å². The highest BCUT2D eigenvalue weighted by Gasteiger charge is 2.36. The Labute approximate surface area is 79.1 Å². The largest absolute Gasteiger partial charge is 0.381 e. The van der Waals surface area contributed by atoms with Gasteiger partial charge in [-0.3, -0.25) is 5.32 Å². The van der Waals surface area contributed by atoms with Crippen LogP contribution < -0.4 is 5.32 Å². The topological polar surface area (TPSA) is 45.0 Å². The van der Waals surface area contributed by atoms with Crippen molar-refractivity contribution in [3.8, 4) is 6.07 Å². The van der Waals surface area contributed by atoms with E-state index in [1.807, 2.05) is 0 Å². The van der Waals surface area contributed by atoms with Crippen LogP contribution in [0.1, 0.15) is 25.7 Å². The monoisotopic (exact) mass is 180 g/mol. The summed E-state index contributed by atoms with van der Waals surface area (Å²) in [4.78, 5) is 0. The van der Waals surface area contributed by atoms with Gasteiger partial charge in [0.15, 0.2) is 0 Å². The molecule has 1 N–H and O–H groups in total. The van der Waals surface area contributed by atoms with E-state index in [1.165, 1.54) is 12.8 Å². The molecule has 1 unspecified atom stereocenters. The number of nitrogens with zero attached hydrogens (tertiary/aromatic N) is 1. The Morgan fingerprint density at radius 3 is 2.77 bits per heavy atom.